The lowest BCUT2D eigenvalue weighted by molar-refractivity contribution is 0.0302. The molecule has 4 atom stereocenters. The molecule has 244 valence electrons. The number of halogens is 1. The van der Waals surface area contributed by atoms with Crippen LogP contribution in [0.25, 0.3) is 0 Å². The Kier molecular flexibility index (Phi) is 11.9. The molecule has 1 aliphatic carbocycles. The van der Waals surface area contributed by atoms with Crippen molar-refractivity contribution in [2.75, 3.05) is 39.7 Å². The van der Waals surface area contributed by atoms with Crippen LogP contribution >= 0.6 is 11.6 Å². The van der Waals surface area contributed by atoms with Crippen molar-refractivity contribution in [1.29, 1.82) is 0 Å². The summed E-state index contributed by atoms with van der Waals surface area (Å²) < 4.78 is 23.1. The van der Waals surface area contributed by atoms with Gasteiger partial charge in [-0.25, -0.2) is 4.79 Å². The summed E-state index contributed by atoms with van der Waals surface area (Å²) in [6.45, 7) is 13.4. The number of anilines is 1. The van der Waals surface area contributed by atoms with Gasteiger partial charge in [0.1, 0.15) is 0 Å². The van der Waals surface area contributed by atoms with Crippen molar-refractivity contribution in [3.05, 3.63) is 47.0 Å². The summed E-state index contributed by atoms with van der Waals surface area (Å²) >= 11 is 6.11. The number of nitrogens with one attached hydrogen (secondary N) is 2. The number of piperidine rings is 1. The molecular weight excluding hydrogens is 594 g/mol. The molecule has 1 aliphatic heterocycles. The van der Waals surface area contributed by atoms with E-state index >= 15 is 0 Å². The quantitative estimate of drug-likeness (QED) is 0.256. The first-order valence-corrected chi connectivity index (χ1v) is 19.1. The molecule has 10 heteroatoms. The highest BCUT2D eigenvalue weighted by atomic mass is 35.5. The summed E-state index contributed by atoms with van der Waals surface area (Å²) in [6, 6.07) is 11.8. The lowest BCUT2D eigenvalue weighted by Crippen LogP contribution is -2.52. The Morgan fingerprint density at radius 2 is 1.61 bits per heavy atom. The molecule has 0 aromatic heterocycles. The number of carbonyl (C=O) groups excluding carboxylic acids is 1. The minimum atomic E-state index is -1.26. The number of ether oxygens (including phenoxy) is 3. The van der Waals surface area contributed by atoms with Crippen LogP contribution < -0.4 is 24.8 Å². The van der Waals surface area contributed by atoms with E-state index in [0.29, 0.717) is 34.8 Å². The predicted molar refractivity (Wildman–Crippen MR) is 181 cm³/mol. The van der Waals surface area contributed by atoms with Gasteiger partial charge in [-0.3, -0.25) is 4.90 Å². The van der Waals surface area contributed by atoms with E-state index in [1.165, 1.54) is 5.56 Å². The van der Waals surface area contributed by atoms with Gasteiger partial charge < -0.3 is 29.3 Å². The third kappa shape index (κ3) is 8.83. The molecule has 2 fully saturated rings. The van der Waals surface area contributed by atoms with Crippen LogP contribution in [0.2, 0.25) is 18.1 Å². The summed E-state index contributed by atoms with van der Waals surface area (Å²) in [4.78, 5) is 16.1. The van der Waals surface area contributed by atoms with Crippen molar-refractivity contribution in [3.63, 3.8) is 0 Å². The molecule has 1 saturated heterocycles. The zero-order chi connectivity index (χ0) is 32.0. The van der Waals surface area contributed by atoms with E-state index in [1.54, 1.807) is 33.5 Å². The van der Waals surface area contributed by atoms with Gasteiger partial charge >= 0.3 is 6.03 Å². The number of amides is 2. The van der Waals surface area contributed by atoms with Crippen LogP contribution in [0.1, 0.15) is 52.0 Å². The van der Waals surface area contributed by atoms with Crippen molar-refractivity contribution in [2.24, 2.45) is 17.3 Å². The van der Waals surface area contributed by atoms with Crippen LogP contribution in [0.3, 0.4) is 0 Å². The van der Waals surface area contributed by atoms with E-state index in [4.69, 9.17) is 30.2 Å². The fourth-order valence-corrected chi connectivity index (χ4v) is 8.45. The summed E-state index contributed by atoms with van der Waals surface area (Å²) in [5.74, 6) is 2.49. The summed E-state index contributed by atoms with van der Waals surface area (Å²) in [5.41, 5.74) is 1.94. The molecule has 0 spiro atoms. The highest BCUT2D eigenvalue weighted by Crippen LogP contribution is 2.42. The number of rotatable bonds is 11. The number of methoxy groups -OCH3 is 3. The van der Waals surface area contributed by atoms with Gasteiger partial charge in [0.2, 0.25) is 5.75 Å². The number of likely N-dealkylation sites (tertiary alicyclic amines) is 1. The third-order valence-electron chi connectivity index (χ3n) is 9.06. The van der Waals surface area contributed by atoms with E-state index in [9.17, 15) is 4.79 Å². The number of benzene rings is 2. The Bertz CT molecular complexity index is 1210. The fraction of sp³-hybridized carbons (Fsp3) is 0.618. The van der Waals surface area contributed by atoms with Crippen molar-refractivity contribution in [1.82, 2.24) is 10.2 Å². The maximum atomic E-state index is 13.5. The Morgan fingerprint density at radius 1 is 1.00 bits per heavy atom. The second kappa shape index (κ2) is 15.2. The largest absolute Gasteiger partial charge is 0.493 e. The lowest BCUT2D eigenvalue weighted by Gasteiger charge is -2.39. The van der Waals surface area contributed by atoms with Crippen molar-refractivity contribution < 1.29 is 23.4 Å². The molecular formula is C34H52ClN3O5Si. The van der Waals surface area contributed by atoms with Crippen molar-refractivity contribution >= 4 is 32.4 Å². The van der Waals surface area contributed by atoms with Crippen LogP contribution in [0.4, 0.5) is 10.5 Å². The number of hydrogen-bond acceptors (Lipinski definition) is 6. The van der Waals surface area contributed by atoms with Gasteiger partial charge in [-0.1, -0.05) is 44.5 Å². The highest BCUT2D eigenvalue weighted by Gasteiger charge is 2.45. The molecule has 0 radical (unpaired) electrons. The van der Waals surface area contributed by atoms with Gasteiger partial charge in [-0.05, 0) is 93.2 Å². The molecule has 2 aliphatic rings. The van der Waals surface area contributed by atoms with Crippen molar-refractivity contribution in [2.45, 2.75) is 84.2 Å². The molecule has 4 rings (SSSR count). The monoisotopic (exact) mass is 645 g/mol. The second-order valence-corrected chi connectivity index (χ2v) is 16.5. The summed E-state index contributed by atoms with van der Waals surface area (Å²) in [5, 5.41) is 7.17. The van der Waals surface area contributed by atoms with Crippen LogP contribution in [-0.4, -0.2) is 72.6 Å². The predicted octanol–water partition coefficient (Wildman–Crippen LogP) is 7.00. The molecule has 2 amide bonds. The van der Waals surface area contributed by atoms with E-state index in [1.807, 2.05) is 12.1 Å². The third-order valence-corrected chi connectivity index (χ3v) is 10.2. The van der Waals surface area contributed by atoms with Gasteiger partial charge in [0.05, 0.1) is 33.1 Å². The fourth-order valence-electron chi connectivity index (χ4n) is 7.11. The maximum Gasteiger partial charge on any atom is 0.319 e. The maximum absolute atomic E-state index is 13.5. The first-order valence-electron chi connectivity index (χ1n) is 15.9. The molecule has 2 aromatic rings. The average molecular weight is 646 g/mol. The zero-order valence-electron chi connectivity index (χ0n) is 27.7. The Labute approximate surface area is 270 Å². The van der Waals surface area contributed by atoms with Crippen molar-refractivity contribution in [3.8, 4) is 17.2 Å². The van der Waals surface area contributed by atoms with Gasteiger partial charge in [0.25, 0.3) is 0 Å². The molecule has 2 N–H and O–H groups in total. The lowest BCUT2D eigenvalue weighted by atomic mass is 9.80. The van der Waals surface area contributed by atoms with Crippen LogP contribution in [0.5, 0.6) is 17.2 Å². The molecule has 44 heavy (non-hydrogen) atoms. The molecule has 1 heterocycles. The van der Waals surface area contributed by atoms with Gasteiger partial charge in [-0.15, -0.1) is 0 Å². The zero-order valence-corrected chi connectivity index (χ0v) is 29.7. The van der Waals surface area contributed by atoms with Crippen LogP contribution in [0.15, 0.2) is 36.4 Å². The van der Waals surface area contributed by atoms with Crippen LogP contribution in [-0.2, 0) is 10.8 Å². The molecule has 1 saturated carbocycles. The second-order valence-electron chi connectivity index (χ2n) is 13.7. The molecule has 0 bridgehead atoms. The van der Waals surface area contributed by atoms with E-state index in [0.717, 1.165) is 50.2 Å². The first-order chi connectivity index (χ1) is 20.9. The minimum Gasteiger partial charge on any atom is -0.493 e. The topological polar surface area (TPSA) is 81.3 Å². The summed E-state index contributed by atoms with van der Waals surface area (Å²) in [7, 11) is 3.44. The van der Waals surface area contributed by atoms with Gasteiger partial charge in [0.15, 0.2) is 20.5 Å². The Balaban J connectivity index is 1.49. The number of carbonyl (C=O) groups is 1. The number of hydrogen-bond donors (Lipinski definition) is 2. The van der Waals surface area contributed by atoms with E-state index in [2.05, 4.69) is 61.5 Å². The van der Waals surface area contributed by atoms with E-state index < -0.39 is 9.04 Å². The summed E-state index contributed by atoms with van der Waals surface area (Å²) in [6.07, 6.45) is 5.43. The Hall–Kier alpha value is -2.46. The number of nitrogens with zero attached hydrogens (tertiary/aromatic N) is 1. The minimum absolute atomic E-state index is 0.0112. The van der Waals surface area contributed by atoms with E-state index in [-0.39, 0.29) is 29.6 Å². The average Bonchev–Trinajstić information content (AvgIpc) is 3.38. The highest BCUT2D eigenvalue weighted by molar-refractivity contribution is 6.48. The smallest absolute Gasteiger partial charge is 0.319 e. The first kappa shape index (κ1) is 34.4. The molecule has 2 aromatic carbocycles. The normalized spacial score (nSPS) is 22.1. The Morgan fingerprint density at radius 3 is 2.14 bits per heavy atom. The number of urea groups is 1. The van der Waals surface area contributed by atoms with Gasteiger partial charge in [-0.2, -0.15) is 0 Å². The van der Waals surface area contributed by atoms with Gasteiger partial charge in [0, 0.05) is 29.2 Å². The van der Waals surface area contributed by atoms with Crippen LogP contribution in [0, 0.1) is 17.3 Å². The molecule has 1 unspecified atom stereocenters. The standard InChI is InChI=1S/C34H52ClN3O5Si/c1-34(2,3)32(43-44(7)8)24-18-27(37-33(39)36-26-20-29(40-4)31(42-6)30(21-26)41-5)28(19-24)38-15-13-23(14-16-38)17-22-9-11-25(35)12-10-22/h9-12,20-21,23-24,27-28,32,44H,13-19H2,1-8H3,(H2,36,37,39)/t24-,27+,28-,32?/m0/s1. The molecule has 8 nitrogen and oxygen atoms in total. The SMILES string of the molecule is COc1cc(NC(=O)N[C@@H]2C[C@H](C(O[SiH](C)C)C(C)(C)C)C[C@@H]2N2CCC(Cc3ccc(Cl)cc3)CC2)cc(OC)c1OC.